The molecule has 4 N–H and O–H groups in total. The van der Waals surface area contributed by atoms with Crippen molar-refractivity contribution in [1.82, 2.24) is 15.8 Å². The summed E-state index contributed by atoms with van der Waals surface area (Å²) in [4.78, 5) is 19.7. The third-order valence-electron chi connectivity index (χ3n) is 5.74. The second kappa shape index (κ2) is 5.62. The highest BCUT2D eigenvalue weighted by molar-refractivity contribution is 5.93. The summed E-state index contributed by atoms with van der Waals surface area (Å²) in [6.45, 7) is 9.45. The first-order valence-corrected chi connectivity index (χ1v) is 8.56. The molecule has 0 aliphatic carbocycles. The van der Waals surface area contributed by atoms with Crippen LogP contribution in [-0.2, 0) is 0 Å². The van der Waals surface area contributed by atoms with Crippen LogP contribution in [0.3, 0.4) is 0 Å². The fraction of sp³-hybridized carbons (Fsp3) is 0.529. The lowest BCUT2D eigenvalue weighted by Gasteiger charge is -2.43. The van der Waals surface area contributed by atoms with Crippen LogP contribution >= 0.6 is 0 Å². The van der Waals surface area contributed by atoms with Gasteiger partial charge in [-0.3, -0.25) is 15.2 Å². The van der Waals surface area contributed by atoms with Gasteiger partial charge in [0, 0.05) is 18.0 Å². The number of hydrogen-bond acceptors (Lipinski definition) is 3. The number of hydrogen-bond donors (Lipinski definition) is 4. The Morgan fingerprint density at radius 1 is 1.22 bits per heavy atom. The lowest BCUT2D eigenvalue weighted by molar-refractivity contribution is -0.918. The molecule has 4 aliphatic heterocycles. The minimum absolute atomic E-state index is 0.0984. The van der Waals surface area contributed by atoms with Crippen LogP contribution in [0.2, 0.25) is 0 Å². The molecule has 0 radical (unpaired) electrons. The van der Waals surface area contributed by atoms with Crippen LogP contribution in [0.1, 0.15) is 23.7 Å². The predicted molar refractivity (Wildman–Crippen MR) is 85.7 cm³/mol. The van der Waals surface area contributed by atoms with Gasteiger partial charge in [0.2, 0.25) is 0 Å². The average Bonchev–Trinajstić information content (AvgIpc) is 2.83. The molecule has 2 atom stereocenters. The molecule has 122 valence electrons. The number of nitrogens with zero attached hydrogens (tertiary/aromatic N) is 1. The van der Waals surface area contributed by atoms with Gasteiger partial charge in [0.05, 0.1) is 24.4 Å². The van der Waals surface area contributed by atoms with E-state index in [1.807, 2.05) is 0 Å². The van der Waals surface area contributed by atoms with Crippen LogP contribution in [0.25, 0.3) is 0 Å². The highest BCUT2D eigenvalue weighted by atomic mass is 16.2. The van der Waals surface area contributed by atoms with Crippen LogP contribution < -0.4 is 20.7 Å². The van der Waals surface area contributed by atoms with Crippen molar-refractivity contribution in [3.8, 4) is 0 Å². The maximum Gasteiger partial charge on any atom is 0.269 e. The SMILES string of the molecule is CCC12C[NH+]3CC[NH+](CC(=C1NNC(=O)c1ccncc1)C3)C2. The van der Waals surface area contributed by atoms with E-state index in [1.165, 1.54) is 37.4 Å². The highest BCUT2D eigenvalue weighted by Gasteiger charge is 2.52. The molecule has 0 saturated carbocycles. The molecule has 2 fully saturated rings. The molecular formula is C17H25N5O+2. The maximum atomic E-state index is 12.3. The Morgan fingerprint density at radius 2 is 1.87 bits per heavy atom. The topological polar surface area (TPSA) is 62.9 Å². The fourth-order valence-electron chi connectivity index (χ4n) is 4.59. The highest BCUT2D eigenvalue weighted by Crippen LogP contribution is 2.33. The monoisotopic (exact) mass is 315 g/mol. The summed E-state index contributed by atoms with van der Waals surface area (Å²) in [5.41, 5.74) is 9.85. The first-order valence-electron chi connectivity index (χ1n) is 8.56. The van der Waals surface area contributed by atoms with Crippen molar-refractivity contribution in [3.63, 3.8) is 0 Å². The number of rotatable bonds is 4. The van der Waals surface area contributed by atoms with Gasteiger partial charge in [0.15, 0.2) is 0 Å². The molecular weight excluding hydrogens is 290 g/mol. The minimum Gasteiger partial charge on any atom is -0.326 e. The van der Waals surface area contributed by atoms with Crippen molar-refractivity contribution >= 4 is 5.91 Å². The summed E-state index contributed by atoms with van der Waals surface area (Å²) in [5.74, 6) is -0.0984. The number of carbonyl (C=O) groups excluding carboxylic acids is 1. The quantitative estimate of drug-likeness (QED) is 0.476. The Balaban J connectivity index is 1.56. The van der Waals surface area contributed by atoms with E-state index >= 15 is 0 Å². The summed E-state index contributed by atoms with van der Waals surface area (Å²) in [6, 6.07) is 3.47. The van der Waals surface area contributed by atoms with E-state index in [2.05, 4.69) is 22.8 Å². The molecule has 6 heteroatoms. The zero-order valence-corrected chi connectivity index (χ0v) is 13.6. The molecule has 0 aromatic carbocycles. The van der Waals surface area contributed by atoms with Crippen molar-refractivity contribution in [3.05, 3.63) is 41.4 Å². The van der Waals surface area contributed by atoms with E-state index in [9.17, 15) is 4.79 Å². The van der Waals surface area contributed by atoms with Gasteiger partial charge in [0.25, 0.3) is 5.91 Å². The van der Waals surface area contributed by atoms with E-state index in [-0.39, 0.29) is 11.3 Å². The molecule has 5 rings (SSSR count). The van der Waals surface area contributed by atoms with Gasteiger partial charge in [-0.1, -0.05) is 6.92 Å². The lowest BCUT2D eigenvalue weighted by atomic mass is 9.74. The number of pyridine rings is 1. The molecule has 2 saturated heterocycles. The molecule has 1 aromatic heterocycles. The Bertz CT molecular complexity index is 624. The number of carbonyl (C=O) groups is 1. The van der Waals surface area contributed by atoms with Crippen molar-refractivity contribution in [2.45, 2.75) is 13.3 Å². The van der Waals surface area contributed by atoms with Crippen LogP contribution in [0, 0.1) is 5.41 Å². The number of aromatic nitrogens is 1. The van der Waals surface area contributed by atoms with Gasteiger partial charge in [-0.25, -0.2) is 0 Å². The van der Waals surface area contributed by atoms with E-state index in [4.69, 9.17) is 0 Å². The largest absolute Gasteiger partial charge is 0.326 e. The third-order valence-corrected chi connectivity index (χ3v) is 5.74. The van der Waals surface area contributed by atoms with Crippen LogP contribution in [0.15, 0.2) is 35.8 Å². The molecule has 2 unspecified atom stereocenters. The van der Waals surface area contributed by atoms with Gasteiger partial charge in [-0.15, -0.1) is 0 Å². The fourth-order valence-corrected chi connectivity index (χ4v) is 4.59. The van der Waals surface area contributed by atoms with Crippen molar-refractivity contribution < 1.29 is 14.6 Å². The average molecular weight is 315 g/mol. The Hall–Kier alpha value is -1.92. The zero-order chi connectivity index (χ0) is 15.9. The minimum atomic E-state index is -0.0984. The van der Waals surface area contributed by atoms with Crippen LogP contribution in [0.5, 0.6) is 0 Å². The molecule has 0 spiro atoms. The molecule has 5 heterocycles. The number of amides is 1. The van der Waals surface area contributed by atoms with E-state index in [0.29, 0.717) is 5.56 Å². The number of nitrogens with one attached hydrogen (secondary N) is 4. The second-order valence-electron chi connectivity index (χ2n) is 7.13. The third kappa shape index (κ3) is 2.52. The number of fused-ring (bicyclic) bond motifs is 1. The summed E-state index contributed by atoms with van der Waals surface area (Å²) in [6.07, 6.45) is 4.41. The summed E-state index contributed by atoms with van der Waals surface area (Å²) in [7, 11) is 0. The predicted octanol–water partition coefficient (Wildman–Crippen LogP) is -2.22. The van der Waals surface area contributed by atoms with E-state index in [1.54, 1.807) is 34.3 Å². The molecule has 1 aromatic rings. The van der Waals surface area contributed by atoms with E-state index < -0.39 is 0 Å². The van der Waals surface area contributed by atoms with Gasteiger partial charge >= 0.3 is 0 Å². The van der Waals surface area contributed by atoms with Gasteiger partial charge in [-0.05, 0) is 18.6 Å². The second-order valence-corrected chi connectivity index (χ2v) is 7.13. The van der Waals surface area contributed by atoms with E-state index in [0.717, 1.165) is 19.5 Å². The first-order chi connectivity index (χ1) is 11.2. The standard InChI is InChI=1S/C17H23N5O/c1-2-17-11-21-7-8-22(12-17)10-14(9-21)15(17)19-20-16(23)13-3-5-18-6-4-13/h3-6,19H,2,7-12H2,1H3,(H,20,23)/p+2. The van der Waals surface area contributed by atoms with Gasteiger partial charge in [-0.2, -0.15) is 0 Å². The van der Waals surface area contributed by atoms with Crippen LogP contribution in [0.4, 0.5) is 0 Å². The smallest absolute Gasteiger partial charge is 0.269 e. The van der Waals surface area contributed by atoms with Gasteiger partial charge < -0.3 is 15.2 Å². The number of hydrazine groups is 1. The Labute approximate surface area is 136 Å². The molecule has 1 amide bonds. The van der Waals surface area contributed by atoms with Crippen molar-refractivity contribution in [2.75, 3.05) is 39.3 Å². The summed E-state index contributed by atoms with van der Waals surface area (Å²) in [5, 5.41) is 0. The summed E-state index contributed by atoms with van der Waals surface area (Å²) >= 11 is 0. The Morgan fingerprint density at radius 3 is 2.48 bits per heavy atom. The zero-order valence-electron chi connectivity index (χ0n) is 13.6. The molecule has 6 nitrogen and oxygen atoms in total. The Kier molecular flexibility index (Phi) is 3.58. The summed E-state index contributed by atoms with van der Waals surface area (Å²) < 4.78 is 0. The molecule has 4 bridgehead atoms. The number of quaternary nitrogens is 2. The normalized spacial score (nSPS) is 31.9. The molecule has 4 aliphatic rings. The van der Waals surface area contributed by atoms with Crippen molar-refractivity contribution in [1.29, 1.82) is 0 Å². The first kappa shape index (κ1) is 14.7. The maximum absolute atomic E-state index is 12.3. The van der Waals surface area contributed by atoms with Crippen LogP contribution in [-0.4, -0.2) is 50.2 Å². The molecule has 23 heavy (non-hydrogen) atoms. The van der Waals surface area contributed by atoms with Crippen molar-refractivity contribution in [2.24, 2.45) is 5.41 Å². The van der Waals surface area contributed by atoms with Gasteiger partial charge in [0.1, 0.15) is 31.6 Å². The lowest BCUT2D eigenvalue weighted by Crippen LogP contribution is -3.14.